The van der Waals surface area contributed by atoms with Crippen LogP contribution in [0, 0.1) is 5.92 Å². The smallest absolute Gasteiger partial charge is 0.346 e. The normalized spacial score (nSPS) is 28.5. The standard InChI is InChI=1S/C6H10F3N/c7-6(8,9)5-2-1-3-10-4-5/h5,10H,1-4H2/p+1/t5-/m1/s1. The molecule has 1 heterocycles. The molecular weight excluding hydrogens is 143 g/mol. The van der Waals surface area contributed by atoms with Crippen LogP contribution >= 0.6 is 0 Å². The van der Waals surface area contributed by atoms with Gasteiger partial charge in [-0.2, -0.15) is 13.2 Å². The van der Waals surface area contributed by atoms with Crippen LogP contribution in [0.15, 0.2) is 0 Å². The van der Waals surface area contributed by atoms with E-state index in [1.807, 2.05) is 0 Å². The lowest BCUT2D eigenvalue weighted by Gasteiger charge is -2.22. The topological polar surface area (TPSA) is 16.6 Å². The molecule has 1 aliphatic rings. The van der Waals surface area contributed by atoms with E-state index in [2.05, 4.69) is 0 Å². The van der Waals surface area contributed by atoms with E-state index in [1.165, 1.54) is 0 Å². The molecule has 1 atom stereocenters. The molecule has 0 amide bonds. The van der Waals surface area contributed by atoms with Gasteiger partial charge < -0.3 is 5.32 Å². The van der Waals surface area contributed by atoms with Gasteiger partial charge in [0.2, 0.25) is 0 Å². The monoisotopic (exact) mass is 154 g/mol. The molecule has 0 saturated carbocycles. The second-order valence-electron chi connectivity index (χ2n) is 2.69. The Bertz CT molecular complexity index is 104. The molecular formula is C6H11F3N+. The van der Waals surface area contributed by atoms with Gasteiger partial charge in [-0.15, -0.1) is 0 Å². The highest BCUT2D eigenvalue weighted by Gasteiger charge is 2.41. The average molecular weight is 154 g/mol. The number of quaternary nitrogens is 1. The van der Waals surface area contributed by atoms with Crippen LogP contribution in [-0.4, -0.2) is 19.3 Å². The van der Waals surface area contributed by atoms with E-state index < -0.39 is 12.1 Å². The Labute approximate surface area is 57.6 Å². The molecule has 10 heavy (non-hydrogen) atoms. The molecule has 1 nitrogen and oxygen atoms in total. The lowest BCUT2D eigenvalue weighted by Crippen LogP contribution is -2.88. The summed E-state index contributed by atoms with van der Waals surface area (Å²) in [6.07, 6.45) is -2.94. The number of halogens is 3. The first-order valence-electron chi connectivity index (χ1n) is 3.49. The lowest BCUT2D eigenvalue weighted by molar-refractivity contribution is -0.673. The van der Waals surface area contributed by atoms with Crippen molar-refractivity contribution < 1.29 is 18.5 Å². The fourth-order valence-electron chi connectivity index (χ4n) is 1.24. The van der Waals surface area contributed by atoms with Crippen LogP contribution in [0.25, 0.3) is 0 Å². The quantitative estimate of drug-likeness (QED) is 0.524. The van der Waals surface area contributed by atoms with E-state index in [-0.39, 0.29) is 6.54 Å². The largest absolute Gasteiger partial charge is 0.397 e. The molecule has 4 heteroatoms. The lowest BCUT2D eigenvalue weighted by atomic mass is 9.99. The van der Waals surface area contributed by atoms with E-state index in [9.17, 15) is 13.2 Å². The Hall–Kier alpha value is -0.250. The van der Waals surface area contributed by atoms with Gasteiger partial charge in [0, 0.05) is 0 Å². The summed E-state index contributed by atoms with van der Waals surface area (Å²) < 4.78 is 35.8. The highest BCUT2D eigenvalue weighted by molar-refractivity contribution is 4.67. The SMILES string of the molecule is FC(F)(F)[C@@H]1CCC[NH2+]C1. The minimum atomic E-state index is -3.96. The molecule has 60 valence electrons. The molecule has 0 spiro atoms. The molecule has 0 aromatic carbocycles. The second-order valence-corrected chi connectivity index (χ2v) is 2.69. The van der Waals surface area contributed by atoms with Crippen molar-refractivity contribution >= 4 is 0 Å². The van der Waals surface area contributed by atoms with Gasteiger partial charge >= 0.3 is 6.18 Å². The van der Waals surface area contributed by atoms with E-state index in [0.717, 1.165) is 6.54 Å². The van der Waals surface area contributed by atoms with Crippen molar-refractivity contribution in [3.8, 4) is 0 Å². The minimum Gasteiger partial charge on any atom is -0.346 e. The second kappa shape index (κ2) is 2.78. The van der Waals surface area contributed by atoms with Crippen LogP contribution in [0.2, 0.25) is 0 Å². The fourth-order valence-corrected chi connectivity index (χ4v) is 1.24. The molecule has 1 rings (SSSR count). The molecule has 2 N–H and O–H groups in total. The van der Waals surface area contributed by atoms with Gasteiger partial charge in [-0.25, -0.2) is 0 Å². The summed E-state index contributed by atoms with van der Waals surface area (Å²) in [5.74, 6) is -1.05. The Kier molecular flexibility index (Phi) is 2.18. The maximum absolute atomic E-state index is 11.9. The highest BCUT2D eigenvalue weighted by Crippen LogP contribution is 2.29. The summed E-state index contributed by atoms with van der Waals surface area (Å²) in [6.45, 7) is 1.08. The van der Waals surface area contributed by atoms with Crippen LogP contribution < -0.4 is 5.32 Å². The summed E-state index contributed by atoms with van der Waals surface area (Å²) in [7, 11) is 0. The Morgan fingerprint density at radius 1 is 1.30 bits per heavy atom. The molecule has 0 bridgehead atoms. The third-order valence-corrected chi connectivity index (χ3v) is 1.87. The summed E-state index contributed by atoms with van der Waals surface area (Å²) in [6, 6.07) is 0. The average Bonchev–Trinajstić information content (AvgIpc) is 1.88. The van der Waals surface area contributed by atoms with E-state index in [0.29, 0.717) is 12.8 Å². The van der Waals surface area contributed by atoms with Crippen molar-refractivity contribution in [1.29, 1.82) is 0 Å². The predicted octanol–water partition coefficient (Wildman–Crippen LogP) is 0.522. The maximum atomic E-state index is 11.9. The number of rotatable bonds is 0. The molecule has 0 unspecified atom stereocenters. The van der Waals surface area contributed by atoms with E-state index in [1.54, 1.807) is 5.32 Å². The van der Waals surface area contributed by atoms with Crippen molar-refractivity contribution in [3.63, 3.8) is 0 Å². The summed E-state index contributed by atoms with van der Waals surface area (Å²) in [4.78, 5) is 0. The summed E-state index contributed by atoms with van der Waals surface area (Å²) >= 11 is 0. The van der Waals surface area contributed by atoms with E-state index >= 15 is 0 Å². The Morgan fingerprint density at radius 2 is 2.00 bits per heavy atom. The van der Waals surface area contributed by atoms with Gasteiger partial charge in [0.25, 0.3) is 0 Å². The first-order valence-corrected chi connectivity index (χ1v) is 3.49. The number of hydrogen-bond acceptors (Lipinski definition) is 0. The van der Waals surface area contributed by atoms with Crippen LogP contribution in [-0.2, 0) is 0 Å². The van der Waals surface area contributed by atoms with Gasteiger partial charge in [0.05, 0.1) is 13.1 Å². The number of piperidine rings is 1. The third kappa shape index (κ3) is 1.87. The number of hydrogen-bond donors (Lipinski definition) is 1. The van der Waals surface area contributed by atoms with Crippen LogP contribution in [0.1, 0.15) is 12.8 Å². The molecule has 0 aromatic rings. The van der Waals surface area contributed by atoms with Crippen molar-refractivity contribution in [2.24, 2.45) is 5.92 Å². The molecule has 1 fully saturated rings. The first kappa shape index (κ1) is 7.85. The Morgan fingerprint density at radius 3 is 2.30 bits per heavy atom. The maximum Gasteiger partial charge on any atom is 0.397 e. The molecule has 1 saturated heterocycles. The molecule has 0 aromatic heterocycles. The predicted molar refractivity (Wildman–Crippen MR) is 30.4 cm³/mol. The van der Waals surface area contributed by atoms with Crippen LogP contribution in [0.4, 0.5) is 13.2 Å². The van der Waals surface area contributed by atoms with Crippen LogP contribution in [0.5, 0.6) is 0 Å². The van der Waals surface area contributed by atoms with Crippen molar-refractivity contribution in [2.45, 2.75) is 19.0 Å². The molecule has 0 radical (unpaired) electrons. The van der Waals surface area contributed by atoms with Crippen molar-refractivity contribution in [1.82, 2.24) is 0 Å². The van der Waals surface area contributed by atoms with Crippen molar-refractivity contribution in [2.75, 3.05) is 13.1 Å². The zero-order chi connectivity index (χ0) is 7.61. The summed E-state index contributed by atoms with van der Waals surface area (Å²) in [5.41, 5.74) is 0. The first-order chi connectivity index (χ1) is 4.61. The van der Waals surface area contributed by atoms with Crippen molar-refractivity contribution in [3.05, 3.63) is 0 Å². The Balaban J connectivity index is 2.39. The fraction of sp³-hybridized carbons (Fsp3) is 1.00. The minimum absolute atomic E-state index is 0.226. The van der Waals surface area contributed by atoms with Gasteiger partial charge in [0.15, 0.2) is 0 Å². The van der Waals surface area contributed by atoms with Gasteiger partial charge in [-0.1, -0.05) is 0 Å². The molecule has 0 aliphatic carbocycles. The number of alkyl halides is 3. The third-order valence-electron chi connectivity index (χ3n) is 1.87. The number of nitrogens with two attached hydrogens (primary N) is 1. The highest BCUT2D eigenvalue weighted by atomic mass is 19.4. The van der Waals surface area contributed by atoms with Gasteiger partial charge in [0.1, 0.15) is 5.92 Å². The zero-order valence-corrected chi connectivity index (χ0v) is 5.62. The van der Waals surface area contributed by atoms with E-state index in [4.69, 9.17) is 0 Å². The molecule has 1 aliphatic heterocycles. The van der Waals surface area contributed by atoms with Gasteiger partial charge in [-0.05, 0) is 12.8 Å². The van der Waals surface area contributed by atoms with Gasteiger partial charge in [-0.3, -0.25) is 0 Å². The van der Waals surface area contributed by atoms with Crippen LogP contribution in [0.3, 0.4) is 0 Å². The summed E-state index contributed by atoms with van der Waals surface area (Å²) in [5, 5.41) is 1.74. The zero-order valence-electron chi connectivity index (χ0n) is 5.62.